The van der Waals surface area contributed by atoms with Crippen molar-refractivity contribution >= 4 is 15.7 Å². The fraction of sp³-hybridized carbons (Fsp3) is 0.500. The van der Waals surface area contributed by atoms with Crippen molar-refractivity contribution in [1.29, 1.82) is 0 Å². The standard InChI is InChI=1S/C12H20N2O3S/c1-4-10(9-17-3)14-11-7-5-6-8-12(11)18(15,16)13-2/h5-8,10,13-14H,4,9H2,1-3H3. The van der Waals surface area contributed by atoms with Gasteiger partial charge in [-0.25, -0.2) is 13.1 Å². The van der Waals surface area contributed by atoms with Crippen LogP contribution in [0.15, 0.2) is 29.2 Å². The van der Waals surface area contributed by atoms with Gasteiger partial charge in [0.25, 0.3) is 0 Å². The van der Waals surface area contributed by atoms with E-state index >= 15 is 0 Å². The molecule has 1 unspecified atom stereocenters. The average molecular weight is 272 g/mol. The first-order chi connectivity index (χ1) is 8.55. The minimum atomic E-state index is -3.45. The molecule has 1 aromatic carbocycles. The molecule has 0 amide bonds. The fourth-order valence-corrected chi connectivity index (χ4v) is 2.51. The summed E-state index contributed by atoms with van der Waals surface area (Å²) < 4.78 is 31.1. The predicted molar refractivity (Wildman–Crippen MR) is 72.3 cm³/mol. The second kappa shape index (κ2) is 6.72. The van der Waals surface area contributed by atoms with Gasteiger partial charge in [0.05, 0.1) is 12.3 Å². The molecule has 6 heteroatoms. The normalized spacial score (nSPS) is 13.3. The highest BCUT2D eigenvalue weighted by Crippen LogP contribution is 2.21. The zero-order valence-corrected chi connectivity index (χ0v) is 11.8. The van der Waals surface area contributed by atoms with E-state index < -0.39 is 10.0 Å². The Hall–Kier alpha value is -1.11. The van der Waals surface area contributed by atoms with Gasteiger partial charge in [0.1, 0.15) is 4.90 Å². The van der Waals surface area contributed by atoms with Gasteiger partial charge in [0, 0.05) is 13.2 Å². The Labute approximate surface area is 109 Å². The van der Waals surface area contributed by atoms with Crippen molar-refractivity contribution in [2.75, 3.05) is 26.1 Å². The van der Waals surface area contributed by atoms with Gasteiger partial charge >= 0.3 is 0 Å². The van der Waals surface area contributed by atoms with Gasteiger partial charge in [-0.3, -0.25) is 0 Å². The highest BCUT2D eigenvalue weighted by atomic mass is 32.2. The van der Waals surface area contributed by atoms with Gasteiger partial charge in [0.2, 0.25) is 10.0 Å². The third kappa shape index (κ3) is 3.69. The number of ether oxygens (including phenoxy) is 1. The maximum Gasteiger partial charge on any atom is 0.242 e. The molecule has 0 saturated carbocycles. The lowest BCUT2D eigenvalue weighted by Crippen LogP contribution is -2.26. The number of nitrogens with one attached hydrogen (secondary N) is 2. The van der Waals surface area contributed by atoms with Crippen LogP contribution in [-0.2, 0) is 14.8 Å². The molecule has 0 radical (unpaired) electrons. The monoisotopic (exact) mass is 272 g/mol. The minimum absolute atomic E-state index is 0.0863. The molecule has 0 heterocycles. The fourth-order valence-electron chi connectivity index (χ4n) is 1.61. The Morgan fingerprint density at radius 3 is 2.56 bits per heavy atom. The molecule has 1 atom stereocenters. The molecule has 0 aliphatic heterocycles. The first kappa shape index (κ1) is 14.9. The molecule has 18 heavy (non-hydrogen) atoms. The summed E-state index contributed by atoms with van der Waals surface area (Å²) in [5.41, 5.74) is 0.593. The van der Waals surface area contributed by atoms with Crippen molar-refractivity contribution in [1.82, 2.24) is 4.72 Å². The number of hydrogen-bond donors (Lipinski definition) is 2. The Bertz CT molecular complexity index is 474. The lowest BCUT2D eigenvalue weighted by Gasteiger charge is -2.19. The summed E-state index contributed by atoms with van der Waals surface area (Å²) in [6, 6.07) is 6.92. The van der Waals surface area contributed by atoms with Crippen molar-refractivity contribution in [3.05, 3.63) is 24.3 Å². The second-order valence-corrected chi connectivity index (χ2v) is 5.76. The van der Waals surface area contributed by atoms with Gasteiger partial charge in [0.15, 0.2) is 0 Å². The number of anilines is 1. The SMILES string of the molecule is CCC(COC)Nc1ccccc1S(=O)(=O)NC. The van der Waals surface area contributed by atoms with E-state index in [-0.39, 0.29) is 10.9 Å². The van der Waals surface area contributed by atoms with Gasteiger partial charge in [-0.2, -0.15) is 0 Å². The van der Waals surface area contributed by atoms with Gasteiger partial charge in [-0.1, -0.05) is 19.1 Å². The van der Waals surface area contributed by atoms with Crippen LogP contribution in [0.25, 0.3) is 0 Å². The summed E-state index contributed by atoms with van der Waals surface area (Å²) in [6.07, 6.45) is 0.849. The summed E-state index contributed by atoms with van der Waals surface area (Å²) in [6.45, 7) is 2.55. The van der Waals surface area contributed by atoms with Crippen LogP contribution >= 0.6 is 0 Å². The highest BCUT2D eigenvalue weighted by Gasteiger charge is 2.17. The Balaban J connectivity index is 3.03. The quantitative estimate of drug-likeness (QED) is 0.788. The van der Waals surface area contributed by atoms with Crippen molar-refractivity contribution in [2.45, 2.75) is 24.3 Å². The van der Waals surface area contributed by atoms with Crippen LogP contribution in [0.2, 0.25) is 0 Å². The van der Waals surface area contributed by atoms with E-state index in [1.54, 1.807) is 31.4 Å². The van der Waals surface area contributed by atoms with Crippen LogP contribution < -0.4 is 10.0 Å². The highest BCUT2D eigenvalue weighted by molar-refractivity contribution is 7.89. The van der Waals surface area contributed by atoms with Crippen LogP contribution in [0.1, 0.15) is 13.3 Å². The largest absolute Gasteiger partial charge is 0.383 e. The van der Waals surface area contributed by atoms with E-state index in [2.05, 4.69) is 10.0 Å². The van der Waals surface area contributed by atoms with E-state index in [4.69, 9.17) is 4.74 Å². The predicted octanol–water partition coefficient (Wildman–Crippen LogP) is 1.43. The number of methoxy groups -OCH3 is 1. The zero-order chi connectivity index (χ0) is 13.6. The number of benzene rings is 1. The molecular weight excluding hydrogens is 252 g/mol. The van der Waals surface area contributed by atoms with E-state index in [9.17, 15) is 8.42 Å². The lowest BCUT2D eigenvalue weighted by atomic mass is 10.2. The van der Waals surface area contributed by atoms with Crippen LogP contribution in [0.4, 0.5) is 5.69 Å². The molecule has 0 fully saturated rings. The summed E-state index contributed by atoms with van der Waals surface area (Å²) in [7, 11) is -0.424. The molecule has 0 aromatic heterocycles. The van der Waals surface area contributed by atoms with Crippen LogP contribution in [0, 0.1) is 0 Å². The maximum atomic E-state index is 11.9. The van der Waals surface area contributed by atoms with Gasteiger partial charge in [-0.15, -0.1) is 0 Å². The first-order valence-corrected chi connectivity index (χ1v) is 7.31. The molecule has 1 rings (SSSR count). The van der Waals surface area contributed by atoms with E-state index in [0.29, 0.717) is 12.3 Å². The molecule has 0 bridgehead atoms. The summed E-state index contributed by atoms with van der Waals surface area (Å²) >= 11 is 0. The van der Waals surface area contributed by atoms with E-state index in [0.717, 1.165) is 6.42 Å². The first-order valence-electron chi connectivity index (χ1n) is 5.83. The zero-order valence-electron chi connectivity index (χ0n) is 10.9. The van der Waals surface area contributed by atoms with Crippen molar-refractivity contribution < 1.29 is 13.2 Å². The van der Waals surface area contributed by atoms with Crippen molar-refractivity contribution in [3.63, 3.8) is 0 Å². The number of sulfonamides is 1. The summed E-state index contributed by atoms with van der Waals surface area (Å²) in [5.74, 6) is 0. The van der Waals surface area contributed by atoms with Crippen LogP contribution in [-0.4, -0.2) is 35.2 Å². The second-order valence-electron chi connectivity index (χ2n) is 3.91. The molecule has 2 N–H and O–H groups in total. The van der Waals surface area contributed by atoms with E-state index in [1.165, 1.54) is 7.05 Å². The third-order valence-corrected chi connectivity index (χ3v) is 4.14. The maximum absolute atomic E-state index is 11.9. The van der Waals surface area contributed by atoms with Crippen LogP contribution in [0.5, 0.6) is 0 Å². The molecule has 0 spiro atoms. The van der Waals surface area contributed by atoms with E-state index in [1.807, 2.05) is 6.92 Å². The molecule has 1 aromatic rings. The molecule has 0 aliphatic rings. The average Bonchev–Trinajstić information content (AvgIpc) is 2.38. The van der Waals surface area contributed by atoms with Crippen LogP contribution in [0.3, 0.4) is 0 Å². The molecule has 0 aliphatic carbocycles. The van der Waals surface area contributed by atoms with Gasteiger partial charge < -0.3 is 10.1 Å². The smallest absolute Gasteiger partial charge is 0.242 e. The number of hydrogen-bond acceptors (Lipinski definition) is 4. The minimum Gasteiger partial charge on any atom is -0.383 e. The van der Waals surface area contributed by atoms with Crippen molar-refractivity contribution in [2.24, 2.45) is 0 Å². The molecular formula is C12H20N2O3S. The molecule has 5 nitrogen and oxygen atoms in total. The van der Waals surface area contributed by atoms with Crippen molar-refractivity contribution in [3.8, 4) is 0 Å². The number of para-hydroxylation sites is 1. The third-order valence-electron chi connectivity index (χ3n) is 2.67. The number of rotatable bonds is 7. The molecule has 102 valence electrons. The topological polar surface area (TPSA) is 67.4 Å². The molecule has 0 saturated heterocycles. The Morgan fingerprint density at radius 1 is 1.33 bits per heavy atom. The lowest BCUT2D eigenvalue weighted by molar-refractivity contribution is 0.184. The summed E-state index contributed by atoms with van der Waals surface area (Å²) in [5, 5.41) is 3.19. The van der Waals surface area contributed by atoms with Gasteiger partial charge in [-0.05, 0) is 25.6 Å². The summed E-state index contributed by atoms with van der Waals surface area (Å²) in [4.78, 5) is 0.252. The Morgan fingerprint density at radius 2 is 2.00 bits per heavy atom. The Kier molecular flexibility index (Phi) is 5.58.